The molecule has 6 heteroatoms. The number of halogens is 1. The van der Waals surface area contributed by atoms with E-state index in [1.807, 2.05) is 13.0 Å². The summed E-state index contributed by atoms with van der Waals surface area (Å²) >= 11 is 0. The van der Waals surface area contributed by atoms with Crippen LogP contribution < -0.4 is 5.73 Å². The third-order valence-corrected chi connectivity index (χ3v) is 4.24. The van der Waals surface area contributed by atoms with E-state index < -0.39 is 0 Å². The maximum absolute atomic E-state index is 6.16. The lowest BCUT2D eigenvalue weighted by Crippen LogP contribution is -2.43. The largest absolute Gasteiger partial charge is 0.379 e. The van der Waals surface area contributed by atoms with Crippen molar-refractivity contribution in [1.82, 2.24) is 4.90 Å². The SMILES string of the molecule is CCOCCOCc1cccc(CN=C(N)N2CCCC(C)C2)c1.I. The highest BCUT2D eigenvalue weighted by atomic mass is 127. The van der Waals surface area contributed by atoms with Gasteiger partial charge in [0, 0.05) is 19.7 Å². The monoisotopic (exact) mass is 461 g/mol. The van der Waals surface area contributed by atoms with Crippen molar-refractivity contribution in [3.63, 3.8) is 0 Å². The number of hydrogen-bond donors (Lipinski definition) is 1. The number of nitrogens with zero attached hydrogens (tertiary/aromatic N) is 2. The Morgan fingerprint density at radius 3 is 2.80 bits per heavy atom. The Labute approximate surface area is 169 Å². The van der Waals surface area contributed by atoms with Crippen molar-refractivity contribution in [2.45, 2.75) is 39.8 Å². The number of rotatable bonds is 8. The van der Waals surface area contributed by atoms with Crippen LogP contribution in [0.2, 0.25) is 0 Å². The molecule has 2 rings (SSSR count). The van der Waals surface area contributed by atoms with E-state index in [9.17, 15) is 0 Å². The normalized spacial score (nSPS) is 18.1. The molecule has 0 bridgehead atoms. The Hall–Kier alpha value is -0.860. The fourth-order valence-corrected chi connectivity index (χ4v) is 2.94. The lowest BCUT2D eigenvalue weighted by Gasteiger charge is -2.31. The second-order valence-corrected chi connectivity index (χ2v) is 6.44. The average Bonchev–Trinajstić information content (AvgIpc) is 2.60. The number of guanidine groups is 1. The molecule has 1 aliphatic rings. The number of aliphatic imine (C=N–C) groups is 1. The number of ether oxygens (including phenoxy) is 2. The number of benzene rings is 1. The molecule has 5 nitrogen and oxygen atoms in total. The molecule has 0 amide bonds. The van der Waals surface area contributed by atoms with E-state index in [0.717, 1.165) is 30.8 Å². The van der Waals surface area contributed by atoms with Crippen LogP contribution in [0.3, 0.4) is 0 Å². The van der Waals surface area contributed by atoms with E-state index in [2.05, 4.69) is 35.0 Å². The first-order chi connectivity index (χ1) is 11.7. The van der Waals surface area contributed by atoms with Crippen LogP contribution in [0.15, 0.2) is 29.3 Å². The molecule has 1 atom stereocenters. The van der Waals surface area contributed by atoms with Crippen molar-refractivity contribution >= 4 is 29.9 Å². The minimum Gasteiger partial charge on any atom is -0.379 e. The van der Waals surface area contributed by atoms with E-state index in [0.29, 0.717) is 38.2 Å². The molecule has 1 aromatic rings. The summed E-state index contributed by atoms with van der Waals surface area (Å²) in [5, 5.41) is 0. The lowest BCUT2D eigenvalue weighted by atomic mass is 10.0. The molecule has 2 N–H and O–H groups in total. The van der Waals surface area contributed by atoms with Gasteiger partial charge in [-0.3, -0.25) is 0 Å². The van der Waals surface area contributed by atoms with Crippen LogP contribution in [0.1, 0.15) is 37.8 Å². The number of hydrogen-bond acceptors (Lipinski definition) is 3. The first kappa shape index (κ1) is 22.2. The molecule has 0 radical (unpaired) electrons. The fourth-order valence-electron chi connectivity index (χ4n) is 2.94. The highest BCUT2D eigenvalue weighted by Gasteiger charge is 2.17. The molecule has 1 aliphatic heterocycles. The summed E-state index contributed by atoms with van der Waals surface area (Å²) in [7, 11) is 0. The molecule has 0 spiro atoms. The zero-order chi connectivity index (χ0) is 17.2. The maximum Gasteiger partial charge on any atom is 0.191 e. The van der Waals surface area contributed by atoms with Crippen molar-refractivity contribution in [2.75, 3.05) is 32.9 Å². The summed E-state index contributed by atoms with van der Waals surface area (Å²) in [6, 6.07) is 8.34. The van der Waals surface area contributed by atoms with Gasteiger partial charge in [-0.15, -0.1) is 24.0 Å². The highest BCUT2D eigenvalue weighted by Crippen LogP contribution is 2.15. The molecular formula is C19H32IN3O2. The molecule has 142 valence electrons. The second kappa shape index (κ2) is 12.5. The van der Waals surface area contributed by atoms with Gasteiger partial charge in [-0.1, -0.05) is 31.2 Å². The van der Waals surface area contributed by atoms with Crippen LogP contribution in [0.4, 0.5) is 0 Å². The third-order valence-electron chi connectivity index (χ3n) is 4.24. The van der Waals surface area contributed by atoms with Crippen molar-refractivity contribution in [3.05, 3.63) is 35.4 Å². The average molecular weight is 461 g/mol. The molecule has 25 heavy (non-hydrogen) atoms. The van der Waals surface area contributed by atoms with Gasteiger partial charge < -0.3 is 20.1 Å². The zero-order valence-corrected chi connectivity index (χ0v) is 17.8. The highest BCUT2D eigenvalue weighted by molar-refractivity contribution is 14.0. The van der Waals surface area contributed by atoms with E-state index >= 15 is 0 Å². The number of piperidine rings is 1. The van der Waals surface area contributed by atoms with E-state index in [1.165, 1.54) is 12.8 Å². The fraction of sp³-hybridized carbons (Fsp3) is 0.632. The van der Waals surface area contributed by atoms with Gasteiger partial charge >= 0.3 is 0 Å². The minimum atomic E-state index is 0. The molecule has 0 aliphatic carbocycles. The van der Waals surface area contributed by atoms with E-state index in [4.69, 9.17) is 15.2 Å². The summed E-state index contributed by atoms with van der Waals surface area (Å²) in [6.07, 6.45) is 2.49. The molecule has 1 aromatic carbocycles. The number of nitrogens with two attached hydrogens (primary N) is 1. The molecule has 0 saturated carbocycles. The molecular weight excluding hydrogens is 429 g/mol. The Morgan fingerprint density at radius 1 is 1.28 bits per heavy atom. The van der Waals surface area contributed by atoms with Gasteiger partial charge in [-0.2, -0.15) is 0 Å². The standard InChI is InChI=1S/C19H31N3O2.HI/c1-3-23-10-11-24-15-18-8-4-7-17(12-18)13-21-19(20)22-9-5-6-16(2)14-22;/h4,7-8,12,16H,3,5-6,9-11,13-15H2,1-2H3,(H2,20,21);1H. The van der Waals surface area contributed by atoms with Crippen LogP contribution >= 0.6 is 24.0 Å². The first-order valence-corrected chi connectivity index (χ1v) is 8.97. The van der Waals surface area contributed by atoms with Crippen molar-refractivity contribution < 1.29 is 9.47 Å². The molecule has 1 fully saturated rings. The van der Waals surface area contributed by atoms with E-state index in [-0.39, 0.29) is 24.0 Å². The zero-order valence-electron chi connectivity index (χ0n) is 15.4. The molecule has 1 unspecified atom stereocenters. The predicted octanol–water partition coefficient (Wildman–Crippen LogP) is 3.40. The van der Waals surface area contributed by atoms with Gasteiger partial charge in [0.25, 0.3) is 0 Å². The van der Waals surface area contributed by atoms with Crippen molar-refractivity contribution in [1.29, 1.82) is 0 Å². The van der Waals surface area contributed by atoms with Gasteiger partial charge in [0.05, 0.1) is 26.4 Å². The molecule has 1 heterocycles. The summed E-state index contributed by atoms with van der Waals surface area (Å²) in [6.45, 7) is 9.51. The minimum absolute atomic E-state index is 0. The summed E-state index contributed by atoms with van der Waals surface area (Å²) < 4.78 is 10.9. The number of likely N-dealkylation sites (tertiary alicyclic amines) is 1. The van der Waals surface area contributed by atoms with Gasteiger partial charge in [-0.05, 0) is 36.8 Å². The van der Waals surface area contributed by atoms with Crippen LogP contribution in [0.5, 0.6) is 0 Å². The lowest BCUT2D eigenvalue weighted by molar-refractivity contribution is 0.0453. The summed E-state index contributed by atoms with van der Waals surface area (Å²) in [4.78, 5) is 6.78. The van der Waals surface area contributed by atoms with Gasteiger partial charge in [0.2, 0.25) is 0 Å². The second-order valence-electron chi connectivity index (χ2n) is 6.44. The van der Waals surface area contributed by atoms with Crippen molar-refractivity contribution in [3.8, 4) is 0 Å². The third kappa shape index (κ3) is 8.37. The maximum atomic E-state index is 6.16. The van der Waals surface area contributed by atoms with Crippen molar-refractivity contribution in [2.24, 2.45) is 16.6 Å². The van der Waals surface area contributed by atoms with Crippen LogP contribution in [-0.2, 0) is 22.6 Å². The summed E-state index contributed by atoms with van der Waals surface area (Å²) in [5.41, 5.74) is 8.48. The van der Waals surface area contributed by atoms with Gasteiger partial charge in [-0.25, -0.2) is 4.99 Å². The molecule has 0 aromatic heterocycles. The topological polar surface area (TPSA) is 60.1 Å². The Morgan fingerprint density at radius 2 is 2.04 bits per heavy atom. The Bertz CT molecular complexity index is 525. The quantitative estimate of drug-likeness (QED) is 0.279. The molecule has 1 saturated heterocycles. The van der Waals surface area contributed by atoms with Crippen LogP contribution in [-0.4, -0.2) is 43.8 Å². The first-order valence-electron chi connectivity index (χ1n) is 8.97. The van der Waals surface area contributed by atoms with Crippen LogP contribution in [0, 0.1) is 5.92 Å². The smallest absolute Gasteiger partial charge is 0.191 e. The predicted molar refractivity (Wildman–Crippen MR) is 113 cm³/mol. The Kier molecular flexibility index (Phi) is 11.1. The van der Waals surface area contributed by atoms with Gasteiger partial charge in [0.15, 0.2) is 5.96 Å². The van der Waals surface area contributed by atoms with Gasteiger partial charge in [0.1, 0.15) is 0 Å². The Balaban J connectivity index is 0.00000312. The summed E-state index contributed by atoms with van der Waals surface area (Å²) in [5.74, 6) is 1.37. The van der Waals surface area contributed by atoms with E-state index in [1.54, 1.807) is 0 Å². The van der Waals surface area contributed by atoms with Crippen LogP contribution in [0.25, 0.3) is 0 Å².